The number of likely N-dealkylation sites (N-methyl/N-ethyl adjacent to an activating group) is 1. The highest BCUT2D eigenvalue weighted by molar-refractivity contribution is 5.88. The number of rotatable bonds is 7. The van der Waals surface area contributed by atoms with Gasteiger partial charge in [-0.05, 0) is 19.5 Å². The first-order chi connectivity index (χ1) is 6.65. The second-order valence-electron chi connectivity index (χ2n) is 3.20. The normalized spacial score (nSPS) is 10.3. The number of carbonyl (C=O) groups is 1. The zero-order valence-corrected chi connectivity index (χ0v) is 9.51. The van der Waals surface area contributed by atoms with Crippen LogP contribution in [0.4, 0.5) is 0 Å². The molecule has 0 heterocycles. The molecule has 0 saturated heterocycles. The third-order valence-corrected chi connectivity index (χ3v) is 2.03. The van der Waals surface area contributed by atoms with Crippen LogP contribution in [0.3, 0.4) is 0 Å². The third kappa shape index (κ3) is 5.02. The van der Waals surface area contributed by atoms with E-state index in [1.807, 2.05) is 6.92 Å². The van der Waals surface area contributed by atoms with E-state index in [9.17, 15) is 4.79 Å². The van der Waals surface area contributed by atoms with Gasteiger partial charge in [-0.3, -0.25) is 4.90 Å². The minimum Gasteiger partial charge on any atom is -0.462 e. The molecule has 3 heteroatoms. The van der Waals surface area contributed by atoms with Crippen LogP contribution in [0.15, 0.2) is 12.2 Å². The summed E-state index contributed by atoms with van der Waals surface area (Å²) in [6.45, 7) is 12.8. The molecule has 0 aromatic rings. The molecule has 0 aromatic carbocycles. The number of hydrogen-bond acceptors (Lipinski definition) is 3. The molecule has 0 bridgehead atoms. The Labute approximate surface area is 86.7 Å². The lowest BCUT2D eigenvalue weighted by Gasteiger charge is -2.18. The topological polar surface area (TPSA) is 29.5 Å². The second kappa shape index (κ2) is 7.56. The predicted octanol–water partition coefficient (Wildman–Crippen LogP) is 1.84. The summed E-state index contributed by atoms with van der Waals surface area (Å²) in [5, 5.41) is 0. The summed E-state index contributed by atoms with van der Waals surface area (Å²) in [4.78, 5) is 13.5. The zero-order chi connectivity index (χ0) is 11.0. The van der Waals surface area contributed by atoms with Crippen LogP contribution >= 0.6 is 0 Å². The van der Waals surface area contributed by atoms with Crippen molar-refractivity contribution >= 4 is 5.97 Å². The number of carbonyl (C=O) groups excluding carboxylic acids is 1. The summed E-state index contributed by atoms with van der Waals surface area (Å²) >= 11 is 0. The van der Waals surface area contributed by atoms with Crippen LogP contribution in [0.5, 0.6) is 0 Å². The van der Waals surface area contributed by atoms with Crippen molar-refractivity contribution in [2.75, 3.05) is 26.2 Å². The zero-order valence-electron chi connectivity index (χ0n) is 9.51. The molecule has 14 heavy (non-hydrogen) atoms. The molecule has 0 radical (unpaired) electrons. The van der Waals surface area contributed by atoms with Crippen molar-refractivity contribution in [1.82, 2.24) is 4.90 Å². The summed E-state index contributed by atoms with van der Waals surface area (Å²) in [6, 6.07) is 0. The minimum atomic E-state index is -0.265. The average molecular weight is 199 g/mol. The van der Waals surface area contributed by atoms with Crippen LogP contribution < -0.4 is 0 Å². The number of ether oxygens (including phenoxy) is 1. The Morgan fingerprint density at radius 3 is 2.29 bits per heavy atom. The fraction of sp³-hybridized carbons (Fsp3) is 0.727. The lowest BCUT2D eigenvalue weighted by atomic mass is 10.3. The smallest absolute Gasteiger partial charge is 0.334 e. The van der Waals surface area contributed by atoms with Crippen LogP contribution in [-0.2, 0) is 9.53 Å². The molecule has 0 rings (SSSR count). The van der Waals surface area contributed by atoms with E-state index >= 15 is 0 Å². The van der Waals surface area contributed by atoms with Gasteiger partial charge in [0.25, 0.3) is 0 Å². The molecule has 0 N–H and O–H groups in total. The molecule has 0 unspecified atom stereocenters. The Balaban J connectivity index is 3.87. The highest BCUT2D eigenvalue weighted by Gasteiger charge is 2.10. The SMILES string of the molecule is C=C(CN(CC)CC)C(=O)OCCC. The molecular formula is C11H21NO2. The molecule has 0 aliphatic carbocycles. The molecule has 0 aliphatic rings. The minimum absolute atomic E-state index is 0.265. The lowest BCUT2D eigenvalue weighted by Crippen LogP contribution is -2.28. The van der Waals surface area contributed by atoms with Gasteiger partial charge in [-0.2, -0.15) is 0 Å². The van der Waals surface area contributed by atoms with Crippen LogP contribution in [0.2, 0.25) is 0 Å². The van der Waals surface area contributed by atoms with E-state index in [1.165, 1.54) is 0 Å². The number of esters is 1. The van der Waals surface area contributed by atoms with E-state index in [2.05, 4.69) is 25.3 Å². The van der Waals surface area contributed by atoms with Gasteiger partial charge in [-0.25, -0.2) is 4.79 Å². The average Bonchev–Trinajstić information content (AvgIpc) is 2.21. The van der Waals surface area contributed by atoms with Crippen molar-refractivity contribution in [3.05, 3.63) is 12.2 Å². The Kier molecular flexibility index (Phi) is 7.11. The van der Waals surface area contributed by atoms with Crippen LogP contribution in [-0.4, -0.2) is 37.1 Å². The summed E-state index contributed by atoms with van der Waals surface area (Å²) < 4.78 is 4.98. The molecule has 82 valence electrons. The number of nitrogens with zero attached hydrogens (tertiary/aromatic N) is 1. The monoisotopic (exact) mass is 199 g/mol. The van der Waals surface area contributed by atoms with Crippen molar-refractivity contribution in [2.24, 2.45) is 0 Å². The maximum Gasteiger partial charge on any atom is 0.334 e. The predicted molar refractivity (Wildman–Crippen MR) is 58.2 cm³/mol. The standard InChI is InChI=1S/C11H21NO2/c1-5-8-14-11(13)10(4)9-12(6-2)7-3/h4-9H2,1-3H3. The molecule has 0 spiro atoms. The third-order valence-electron chi connectivity index (χ3n) is 2.03. The van der Waals surface area contributed by atoms with Crippen molar-refractivity contribution in [3.8, 4) is 0 Å². The quantitative estimate of drug-likeness (QED) is 0.463. The van der Waals surface area contributed by atoms with Crippen LogP contribution in [0.25, 0.3) is 0 Å². The summed E-state index contributed by atoms with van der Waals surface area (Å²) in [5.41, 5.74) is 0.544. The number of hydrogen-bond donors (Lipinski definition) is 0. The van der Waals surface area contributed by atoms with Crippen LogP contribution in [0, 0.1) is 0 Å². The van der Waals surface area contributed by atoms with Gasteiger partial charge in [0, 0.05) is 12.1 Å². The van der Waals surface area contributed by atoms with Gasteiger partial charge in [-0.15, -0.1) is 0 Å². The van der Waals surface area contributed by atoms with E-state index < -0.39 is 0 Å². The molecular weight excluding hydrogens is 178 g/mol. The van der Waals surface area contributed by atoms with E-state index in [0.717, 1.165) is 19.5 Å². The Morgan fingerprint density at radius 1 is 1.29 bits per heavy atom. The van der Waals surface area contributed by atoms with Crippen molar-refractivity contribution in [2.45, 2.75) is 27.2 Å². The molecule has 0 atom stereocenters. The van der Waals surface area contributed by atoms with Crippen LogP contribution in [0.1, 0.15) is 27.2 Å². The van der Waals surface area contributed by atoms with E-state index in [4.69, 9.17) is 4.74 Å². The fourth-order valence-corrected chi connectivity index (χ4v) is 1.08. The van der Waals surface area contributed by atoms with E-state index in [-0.39, 0.29) is 5.97 Å². The highest BCUT2D eigenvalue weighted by Crippen LogP contribution is 1.99. The Morgan fingerprint density at radius 2 is 1.86 bits per heavy atom. The molecule has 3 nitrogen and oxygen atoms in total. The van der Waals surface area contributed by atoms with Gasteiger partial charge in [-0.1, -0.05) is 27.4 Å². The first kappa shape index (κ1) is 13.2. The van der Waals surface area contributed by atoms with Gasteiger partial charge in [0.1, 0.15) is 0 Å². The van der Waals surface area contributed by atoms with Gasteiger partial charge < -0.3 is 4.74 Å². The van der Waals surface area contributed by atoms with Gasteiger partial charge in [0.2, 0.25) is 0 Å². The van der Waals surface area contributed by atoms with Gasteiger partial charge >= 0.3 is 5.97 Å². The molecule has 0 aromatic heterocycles. The Bertz CT molecular complexity index is 186. The van der Waals surface area contributed by atoms with E-state index in [0.29, 0.717) is 18.7 Å². The van der Waals surface area contributed by atoms with Crippen molar-refractivity contribution < 1.29 is 9.53 Å². The first-order valence-corrected chi connectivity index (χ1v) is 5.22. The summed E-state index contributed by atoms with van der Waals surface area (Å²) in [5.74, 6) is -0.265. The highest BCUT2D eigenvalue weighted by atomic mass is 16.5. The van der Waals surface area contributed by atoms with Gasteiger partial charge in [0.05, 0.1) is 6.61 Å². The maximum atomic E-state index is 11.3. The van der Waals surface area contributed by atoms with E-state index in [1.54, 1.807) is 0 Å². The molecule has 0 fully saturated rings. The second-order valence-corrected chi connectivity index (χ2v) is 3.20. The summed E-state index contributed by atoms with van der Waals surface area (Å²) in [7, 11) is 0. The molecule has 0 amide bonds. The Hall–Kier alpha value is -0.830. The fourth-order valence-electron chi connectivity index (χ4n) is 1.08. The maximum absolute atomic E-state index is 11.3. The molecule has 0 saturated carbocycles. The van der Waals surface area contributed by atoms with Crippen molar-refractivity contribution in [3.63, 3.8) is 0 Å². The van der Waals surface area contributed by atoms with Gasteiger partial charge in [0.15, 0.2) is 0 Å². The van der Waals surface area contributed by atoms with Crippen molar-refractivity contribution in [1.29, 1.82) is 0 Å². The molecule has 0 aliphatic heterocycles. The first-order valence-electron chi connectivity index (χ1n) is 5.22. The largest absolute Gasteiger partial charge is 0.462 e. The lowest BCUT2D eigenvalue weighted by molar-refractivity contribution is -0.139. The summed E-state index contributed by atoms with van der Waals surface area (Å²) in [6.07, 6.45) is 0.851.